The van der Waals surface area contributed by atoms with E-state index in [0.29, 0.717) is 11.7 Å². The molecule has 0 heterocycles. The van der Waals surface area contributed by atoms with E-state index in [1.807, 2.05) is 32.3 Å². The summed E-state index contributed by atoms with van der Waals surface area (Å²) in [5, 5.41) is 0. The van der Waals surface area contributed by atoms with Crippen LogP contribution in [0, 0.1) is 5.92 Å². The van der Waals surface area contributed by atoms with Crippen LogP contribution in [-0.2, 0) is 4.79 Å². The highest BCUT2D eigenvalue weighted by Crippen LogP contribution is 2.38. The fraction of sp³-hybridized carbons (Fsp3) is 0.318. The van der Waals surface area contributed by atoms with Gasteiger partial charge in [-0.25, -0.2) is 0 Å². The molecular weight excluding hydrogens is 294 g/mol. The molecule has 0 spiro atoms. The van der Waals surface area contributed by atoms with Crippen LogP contribution >= 0.6 is 0 Å². The Labute approximate surface area is 144 Å². The number of nitrogens with zero attached hydrogens (tertiary/aromatic N) is 1. The van der Waals surface area contributed by atoms with Gasteiger partial charge in [0.2, 0.25) is 0 Å². The third-order valence-electron chi connectivity index (χ3n) is 4.72. The first-order valence-electron chi connectivity index (χ1n) is 8.63. The van der Waals surface area contributed by atoms with Crippen LogP contribution in [0.1, 0.15) is 29.9 Å². The number of ketones is 1. The monoisotopic (exact) mass is 319 g/mol. The number of hydrogen-bond donors (Lipinski definition) is 0. The Bertz CT molecular complexity index is 703. The third kappa shape index (κ3) is 4.01. The molecule has 0 aromatic heterocycles. The van der Waals surface area contributed by atoms with Crippen LogP contribution in [0.15, 0.2) is 66.2 Å². The summed E-state index contributed by atoms with van der Waals surface area (Å²) in [5.41, 5.74) is 3.42. The molecule has 2 heteroatoms. The Balaban J connectivity index is 1.91. The highest BCUT2D eigenvalue weighted by molar-refractivity contribution is 6.02. The third-order valence-corrected chi connectivity index (χ3v) is 4.72. The SMILES string of the molecule is CN(C)CC1CC(c2ccccc2)C/C(=C/c2ccccc2)C1=O. The molecule has 2 aromatic carbocycles. The molecule has 1 aliphatic rings. The number of benzene rings is 2. The standard InChI is InChI=1S/C22H25NO/c1-23(2)16-21-15-19(18-11-7-4-8-12-18)14-20(22(21)24)13-17-9-5-3-6-10-17/h3-13,19,21H,14-16H2,1-2H3/b20-13-. The number of rotatable bonds is 4. The lowest BCUT2D eigenvalue weighted by Crippen LogP contribution is -2.34. The van der Waals surface area contributed by atoms with Crippen molar-refractivity contribution in [3.8, 4) is 0 Å². The molecule has 1 saturated carbocycles. The van der Waals surface area contributed by atoms with Gasteiger partial charge in [-0.2, -0.15) is 0 Å². The van der Waals surface area contributed by atoms with Crippen molar-refractivity contribution in [3.05, 3.63) is 77.4 Å². The topological polar surface area (TPSA) is 20.3 Å². The fourth-order valence-electron chi connectivity index (χ4n) is 3.62. The van der Waals surface area contributed by atoms with E-state index in [1.54, 1.807) is 0 Å². The maximum Gasteiger partial charge on any atom is 0.163 e. The minimum Gasteiger partial charge on any atom is -0.309 e. The largest absolute Gasteiger partial charge is 0.309 e. The maximum absolute atomic E-state index is 12.9. The van der Waals surface area contributed by atoms with E-state index in [1.165, 1.54) is 5.56 Å². The average Bonchev–Trinajstić information content (AvgIpc) is 2.59. The zero-order chi connectivity index (χ0) is 16.9. The lowest BCUT2D eigenvalue weighted by molar-refractivity contribution is -0.121. The van der Waals surface area contributed by atoms with Crippen LogP contribution in [0.4, 0.5) is 0 Å². The molecule has 1 fully saturated rings. The number of Topliss-reactive ketones (excluding diaryl/α,β-unsaturated/α-hetero) is 1. The van der Waals surface area contributed by atoms with Crippen molar-refractivity contribution in [1.29, 1.82) is 0 Å². The van der Waals surface area contributed by atoms with Gasteiger partial charge in [0, 0.05) is 12.5 Å². The van der Waals surface area contributed by atoms with Gasteiger partial charge in [-0.3, -0.25) is 4.79 Å². The first-order valence-corrected chi connectivity index (χ1v) is 8.63. The van der Waals surface area contributed by atoms with Gasteiger partial charge >= 0.3 is 0 Å². The molecule has 2 aromatic rings. The van der Waals surface area contributed by atoms with Gasteiger partial charge < -0.3 is 4.90 Å². The number of hydrogen-bond acceptors (Lipinski definition) is 2. The van der Waals surface area contributed by atoms with Gasteiger partial charge in [0.25, 0.3) is 0 Å². The van der Waals surface area contributed by atoms with Crippen molar-refractivity contribution in [2.45, 2.75) is 18.8 Å². The molecule has 0 aliphatic heterocycles. The van der Waals surface area contributed by atoms with E-state index in [2.05, 4.69) is 53.4 Å². The second-order valence-corrected chi connectivity index (χ2v) is 6.95. The Morgan fingerprint density at radius 1 is 1.00 bits per heavy atom. The summed E-state index contributed by atoms with van der Waals surface area (Å²) in [4.78, 5) is 15.1. The molecule has 124 valence electrons. The first kappa shape index (κ1) is 16.7. The fourth-order valence-corrected chi connectivity index (χ4v) is 3.62. The zero-order valence-electron chi connectivity index (χ0n) is 14.5. The van der Waals surface area contributed by atoms with Crippen LogP contribution in [0.2, 0.25) is 0 Å². The molecule has 2 unspecified atom stereocenters. The lowest BCUT2D eigenvalue weighted by Gasteiger charge is -2.32. The number of carbonyl (C=O) groups is 1. The number of carbonyl (C=O) groups excluding carboxylic acids is 1. The van der Waals surface area contributed by atoms with E-state index < -0.39 is 0 Å². The molecule has 0 radical (unpaired) electrons. The van der Waals surface area contributed by atoms with Gasteiger partial charge in [0.15, 0.2) is 5.78 Å². The maximum atomic E-state index is 12.9. The van der Waals surface area contributed by atoms with Crippen LogP contribution < -0.4 is 0 Å². The predicted octanol–water partition coefficient (Wildman–Crippen LogP) is 4.39. The van der Waals surface area contributed by atoms with Gasteiger partial charge in [0.1, 0.15) is 0 Å². The molecule has 24 heavy (non-hydrogen) atoms. The van der Waals surface area contributed by atoms with Crippen molar-refractivity contribution in [2.75, 3.05) is 20.6 Å². The quantitative estimate of drug-likeness (QED) is 0.779. The van der Waals surface area contributed by atoms with Gasteiger partial charge in [-0.05, 0) is 55.6 Å². The molecule has 0 N–H and O–H groups in total. The van der Waals surface area contributed by atoms with E-state index in [4.69, 9.17) is 0 Å². The van der Waals surface area contributed by atoms with Crippen molar-refractivity contribution >= 4 is 11.9 Å². The molecule has 0 amide bonds. The zero-order valence-corrected chi connectivity index (χ0v) is 14.5. The molecule has 2 nitrogen and oxygen atoms in total. The Morgan fingerprint density at radius 3 is 2.25 bits per heavy atom. The van der Waals surface area contributed by atoms with Crippen molar-refractivity contribution < 1.29 is 4.79 Å². The molecule has 1 aliphatic carbocycles. The highest BCUT2D eigenvalue weighted by atomic mass is 16.1. The van der Waals surface area contributed by atoms with Crippen LogP contribution in [0.3, 0.4) is 0 Å². The molecule has 0 bridgehead atoms. The van der Waals surface area contributed by atoms with Crippen LogP contribution in [0.5, 0.6) is 0 Å². The summed E-state index contributed by atoms with van der Waals surface area (Å²) in [5.74, 6) is 0.817. The van der Waals surface area contributed by atoms with Crippen molar-refractivity contribution in [1.82, 2.24) is 4.90 Å². The smallest absolute Gasteiger partial charge is 0.163 e. The van der Waals surface area contributed by atoms with Gasteiger partial charge in [0.05, 0.1) is 0 Å². The highest BCUT2D eigenvalue weighted by Gasteiger charge is 2.33. The summed E-state index contributed by atoms with van der Waals surface area (Å²) < 4.78 is 0. The number of allylic oxidation sites excluding steroid dienone is 1. The lowest BCUT2D eigenvalue weighted by atomic mass is 9.74. The van der Waals surface area contributed by atoms with Crippen molar-refractivity contribution in [2.24, 2.45) is 5.92 Å². The van der Waals surface area contributed by atoms with Crippen LogP contribution in [0.25, 0.3) is 6.08 Å². The van der Waals surface area contributed by atoms with E-state index >= 15 is 0 Å². The molecule has 2 atom stereocenters. The Morgan fingerprint density at radius 2 is 1.62 bits per heavy atom. The normalized spacial score (nSPS) is 23.0. The Kier molecular flexibility index (Phi) is 5.27. The Hall–Kier alpha value is -2.19. The summed E-state index contributed by atoms with van der Waals surface area (Å²) in [7, 11) is 4.08. The summed E-state index contributed by atoms with van der Waals surface area (Å²) >= 11 is 0. The molecular formula is C22H25NO. The average molecular weight is 319 g/mol. The summed E-state index contributed by atoms with van der Waals surface area (Å²) in [6.07, 6.45) is 3.86. The van der Waals surface area contributed by atoms with Crippen molar-refractivity contribution in [3.63, 3.8) is 0 Å². The molecule has 3 rings (SSSR count). The second kappa shape index (κ2) is 7.59. The summed E-state index contributed by atoms with van der Waals surface area (Å²) in [6.45, 7) is 0.814. The second-order valence-electron chi connectivity index (χ2n) is 6.95. The van der Waals surface area contributed by atoms with Crippen LogP contribution in [-0.4, -0.2) is 31.3 Å². The van der Waals surface area contributed by atoms with Gasteiger partial charge in [-0.1, -0.05) is 60.7 Å². The minimum atomic E-state index is 0.0777. The van der Waals surface area contributed by atoms with Gasteiger partial charge in [-0.15, -0.1) is 0 Å². The predicted molar refractivity (Wildman–Crippen MR) is 99.9 cm³/mol. The minimum absolute atomic E-state index is 0.0777. The van der Waals surface area contributed by atoms with E-state index in [-0.39, 0.29) is 5.92 Å². The summed E-state index contributed by atoms with van der Waals surface area (Å²) in [6, 6.07) is 20.8. The van der Waals surface area contributed by atoms with E-state index in [9.17, 15) is 4.79 Å². The van der Waals surface area contributed by atoms with E-state index in [0.717, 1.165) is 30.5 Å². The molecule has 0 saturated heterocycles. The first-order chi connectivity index (χ1) is 11.6.